The maximum absolute atomic E-state index is 11.5. The molecule has 0 aromatic rings. The summed E-state index contributed by atoms with van der Waals surface area (Å²) in [5.41, 5.74) is 0. The second-order valence-electron chi connectivity index (χ2n) is 4.52. The summed E-state index contributed by atoms with van der Waals surface area (Å²) in [7, 11) is 0. The zero-order valence-corrected chi connectivity index (χ0v) is 9.20. The lowest BCUT2D eigenvalue weighted by atomic mass is 10.1. The van der Waals surface area contributed by atoms with Crippen LogP contribution < -0.4 is 0 Å². The molecule has 2 heterocycles. The minimum atomic E-state index is 0.253. The molecule has 80 valence electrons. The van der Waals surface area contributed by atoms with Crippen LogP contribution in [0, 0.1) is 0 Å². The molecule has 2 rings (SSSR count). The van der Waals surface area contributed by atoms with E-state index in [1.54, 1.807) is 6.92 Å². The Kier molecular flexibility index (Phi) is 2.77. The lowest BCUT2D eigenvalue weighted by molar-refractivity contribution is -0.134. The molecule has 2 unspecified atom stereocenters. The van der Waals surface area contributed by atoms with E-state index in [0.717, 1.165) is 19.5 Å². The van der Waals surface area contributed by atoms with Gasteiger partial charge in [0.05, 0.1) is 0 Å². The Morgan fingerprint density at radius 2 is 2.21 bits per heavy atom. The van der Waals surface area contributed by atoms with E-state index < -0.39 is 0 Å². The standard InChI is InChI=1S/C11H20N2O/c1-3-10-7-12-6-4-5-11(12)8-13(10)9(2)14/h10-11H,3-8H2,1-2H3. The molecule has 0 aromatic heterocycles. The summed E-state index contributed by atoms with van der Waals surface area (Å²) in [4.78, 5) is 16.1. The first-order valence-corrected chi connectivity index (χ1v) is 5.73. The maximum Gasteiger partial charge on any atom is 0.219 e. The fourth-order valence-electron chi connectivity index (χ4n) is 2.82. The molecular weight excluding hydrogens is 176 g/mol. The number of hydrogen-bond acceptors (Lipinski definition) is 2. The summed E-state index contributed by atoms with van der Waals surface area (Å²) >= 11 is 0. The number of piperazine rings is 1. The fourth-order valence-corrected chi connectivity index (χ4v) is 2.82. The van der Waals surface area contributed by atoms with Crippen molar-refractivity contribution < 1.29 is 4.79 Å². The fraction of sp³-hybridized carbons (Fsp3) is 0.909. The van der Waals surface area contributed by atoms with E-state index in [-0.39, 0.29) is 5.91 Å². The highest BCUT2D eigenvalue weighted by Crippen LogP contribution is 2.25. The molecule has 3 heteroatoms. The average molecular weight is 196 g/mol. The molecule has 0 radical (unpaired) electrons. The van der Waals surface area contributed by atoms with E-state index >= 15 is 0 Å². The highest BCUT2D eigenvalue weighted by molar-refractivity contribution is 5.73. The summed E-state index contributed by atoms with van der Waals surface area (Å²) in [6.45, 7) is 7.19. The van der Waals surface area contributed by atoms with E-state index in [2.05, 4.69) is 16.7 Å². The Morgan fingerprint density at radius 3 is 2.86 bits per heavy atom. The molecule has 14 heavy (non-hydrogen) atoms. The number of fused-ring (bicyclic) bond motifs is 1. The molecule has 0 saturated carbocycles. The van der Waals surface area contributed by atoms with Crippen molar-refractivity contribution in [1.29, 1.82) is 0 Å². The van der Waals surface area contributed by atoms with Gasteiger partial charge < -0.3 is 4.90 Å². The minimum absolute atomic E-state index is 0.253. The molecule has 2 aliphatic heterocycles. The van der Waals surface area contributed by atoms with Gasteiger partial charge in [-0.1, -0.05) is 6.92 Å². The van der Waals surface area contributed by atoms with Gasteiger partial charge in [-0.05, 0) is 25.8 Å². The summed E-state index contributed by atoms with van der Waals surface area (Å²) in [5, 5.41) is 0. The predicted octanol–water partition coefficient (Wildman–Crippen LogP) is 1.09. The van der Waals surface area contributed by atoms with Gasteiger partial charge in [-0.2, -0.15) is 0 Å². The quantitative estimate of drug-likeness (QED) is 0.627. The van der Waals surface area contributed by atoms with Gasteiger partial charge in [0.15, 0.2) is 0 Å². The molecule has 0 spiro atoms. The zero-order valence-electron chi connectivity index (χ0n) is 9.20. The summed E-state index contributed by atoms with van der Waals surface area (Å²) in [5.74, 6) is 0.253. The number of nitrogens with zero attached hydrogens (tertiary/aromatic N) is 2. The van der Waals surface area contributed by atoms with Crippen molar-refractivity contribution in [2.75, 3.05) is 19.6 Å². The van der Waals surface area contributed by atoms with Gasteiger partial charge in [-0.15, -0.1) is 0 Å². The number of amides is 1. The van der Waals surface area contributed by atoms with Crippen molar-refractivity contribution >= 4 is 5.91 Å². The van der Waals surface area contributed by atoms with Gasteiger partial charge in [0.1, 0.15) is 0 Å². The third-order valence-electron chi connectivity index (χ3n) is 3.67. The van der Waals surface area contributed by atoms with Gasteiger partial charge in [0.2, 0.25) is 5.91 Å². The Balaban J connectivity index is 2.06. The van der Waals surface area contributed by atoms with Crippen molar-refractivity contribution in [3.63, 3.8) is 0 Å². The number of carbonyl (C=O) groups is 1. The first kappa shape index (κ1) is 9.97. The normalized spacial score (nSPS) is 33.1. The molecule has 0 aromatic carbocycles. The van der Waals surface area contributed by atoms with Crippen LogP contribution in [0.2, 0.25) is 0 Å². The molecule has 3 nitrogen and oxygen atoms in total. The molecule has 0 N–H and O–H groups in total. The average Bonchev–Trinajstić information content (AvgIpc) is 2.62. The van der Waals surface area contributed by atoms with E-state index in [4.69, 9.17) is 0 Å². The van der Waals surface area contributed by atoms with Gasteiger partial charge in [-0.25, -0.2) is 0 Å². The van der Waals surface area contributed by atoms with Crippen molar-refractivity contribution in [2.24, 2.45) is 0 Å². The molecule has 1 amide bonds. The lowest BCUT2D eigenvalue weighted by Gasteiger charge is -2.43. The van der Waals surface area contributed by atoms with Crippen LogP contribution >= 0.6 is 0 Å². The number of rotatable bonds is 1. The van der Waals surface area contributed by atoms with Crippen LogP contribution in [0.25, 0.3) is 0 Å². The summed E-state index contributed by atoms with van der Waals surface area (Å²) in [6.07, 6.45) is 3.68. The van der Waals surface area contributed by atoms with E-state index in [0.29, 0.717) is 12.1 Å². The molecule has 2 fully saturated rings. The first-order chi connectivity index (χ1) is 6.72. The summed E-state index contributed by atoms with van der Waals surface area (Å²) < 4.78 is 0. The third kappa shape index (κ3) is 1.65. The molecular formula is C11H20N2O. The van der Waals surface area contributed by atoms with Crippen LogP contribution in [0.3, 0.4) is 0 Å². The number of hydrogen-bond donors (Lipinski definition) is 0. The largest absolute Gasteiger partial charge is 0.337 e. The first-order valence-electron chi connectivity index (χ1n) is 5.73. The van der Waals surface area contributed by atoms with Gasteiger partial charge in [-0.3, -0.25) is 9.69 Å². The minimum Gasteiger partial charge on any atom is -0.337 e. The SMILES string of the molecule is CCC1CN2CCCC2CN1C(C)=O. The van der Waals surface area contributed by atoms with Crippen LogP contribution in [0.5, 0.6) is 0 Å². The van der Waals surface area contributed by atoms with Gasteiger partial charge in [0, 0.05) is 32.1 Å². The van der Waals surface area contributed by atoms with Crippen LogP contribution in [-0.2, 0) is 4.79 Å². The highest BCUT2D eigenvalue weighted by atomic mass is 16.2. The van der Waals surface area contributed by atoms with E-state index in [9.17, 15) is 4.79 Å². The second kappa shape index (κ2) is 3.89. The maximum atomic E-state index is 11.5. The molecule has 2 saturated heterocycles. The molecule has 2 atom stereocenters. The second-order valence-corrected chi connectivity index (χ2v) is 4.52. The van der Waals surface area contributed by atoms with Crippen LogP contribution in [0.4, 0.5) is 0 Å². The monoisotopic (exact) mass is 196 g/mol. The van der Waals surface area contributed by atoms with Crippen LogP contribution in [-0.4, -0.2) is 47.4 Å². The van der Waals surface area contributed by atoms with Crippen molar-refractivity contribution in [1.82, 2.24) is 9.80 Å². The lowest BCUT2D eigenvalue weighted by Crippen LogP contribution is -2.57. The highest BCUT2D eigenvalue weighted by Gasteiger charge is 2.36. The van der Waals surface area contributed by atoms with Crippen molar-refractivity contribution in [3.05, 3.63) is 0 Å². The smallest absolute Gasteiger partial charge is 0.219 e. The molecule has 2 aliphatic rings. The summed E-state index contributed by atoms with van der Waals surface area (Å²) in [6, 6.07) is 1.11. The van der Waals surface area contributed by atoms with Crippen molar-refractivity contribution in [3.8, 4) is 0 Å². The van der Waals surface area contributed by atoms with E-state index in [1.807, 2.05) is 0 Å². The zero-order chi connectivity index (χ0) is 10.1. The molecule has 0 bridgehead atoms. The van der Waals surface area contributed by atoms with Crippen molar-refractivity contribution in [2.45, 2.75) is 45.2 Å². The van der Waals surface area contributed by atoms with E-state index in [1.165, 1.54) is 19.4 Å². The van der Waals surface area contributed by atoms with Gasteiger partial charge >= 0.3 is 0 Å². The Bertz CT molecular complexity index is 229. The third-order valence-corrected chi connectivity index (χ3v) is 3.67. The topological polar surface area (TPSA) is 23.6 Å². The Labute approximate surface area is 86.1 Å². The number of carbonyl (C=O) groups excluding carboxylic acids is 1. The Hall–Kier alpha value is -0.570. The molecule has 0 aliphatic carbocycles. The predicted molar refractivity (Wildman–Crippen MR) is 56.1 cm³/mol. The van der Waals surface area contributed by atoms with Gasteiger partial charge in [0.25, 0.3) is 0 Å². The van der Waals surface area contributed by atoms with Crippen LogP contribution in [0.15, 0.2) is 0 Å². The Morgan fingerprint density at radius 1 is 1.43 bits per heavy atom. The van der Waals surface area contributed by atoms with Crippen LogP contribution in [0.1, 0.15) is 33.1 Å².